The Morgan fingerprint density at radius 1 is 1.15 bits per heavy atom. The van der Waals surface area contributed by atoms with E-state index in [0.717, 1.165) is 31.6 Å². The lowest BCUT2D eigenvalue weighted by Gasteiger charge is -2.17. The average molecular weight is 269 g/mol. The molecule has 1 aromatic carbocycles. The van der Waals surface area contributed by atoms with Gasteiger partial charge in [0.05, 0.1) is 11.4 Å². The van der Waals surface area contributed by atoms with E-state index in [9.17, 15) is 4.79 Å². The molecule has 0 atom stereocenters. The molecule has 2 aromatic rings. The van der Waals surface area contributed by atoms with Crippen molar-refractivity contribution in [2.45, 2.75) is 19.8 Å². The van der Waals surface area contributed by atoms with Crippen LogP contribution in [0.15, 0.2) is 30.3 Å². The summed E-state index contributed by atoms with van der Waals surface area (Å²) < 4.78 is 1.98. The van der Waals surface area contributed by atoms with Gasteiger partial charge in [0.1, 0.15) is 0 Å². The number of benzene rings is 1. The Morgan fingerprint density at radius 2 is 1.85 bits per heavy atom. The Morgan fingerprint density at radius 3 is 2.55 bits per heavy atom. The van der Waals surface area contributed by atoms with Gasteiger partial charge in [-0.3, -0.25) is 9.48 Å². The number of hydrogen-bond donors (Lipinski definition) is 0. The van der Waals surface area contributed by atoms with Gasteiger partial charge in [-0.25, -0.2) is 0 Å². The lowest BCUT2D eigenvalue weighted by Crippen LogP contribution is -2.31. The number of fused-ring (bicyclic) bond motifs is 1. The number of aryl methyl sites for hydroxylation is 1. The van der Waals surface area contributed by atoms with Crippen LogP contribution in [-0.2, 0) is 24.7 Å². The summed E-state index contributed by atoms with van der Waals surface area (Å²) in [6.45, 7) is 3.20. The molecule has 104 valence electrons. The maximum Gasteiger partial charge on any atom is 0.219 e. The molecule has 0 aliphatic carbocycles. The minimum absolute atomic E-state index is 0.154. The van der Waals surface area contributed by atoms with E-state index < -0.39 is 0 Å². The Labute approximate surface area is 119 Å². The molecular weight excluding hydrogens is 250 g/mol. The topological polar surface area (TPSA) is 38.1 Å². The molecule has 1 amide bonds. The molecule has 1 aliphatic heterocycles. The first kappa shape index (κ1) is 12.9. The second-order valence-electron chi connectivity index (χ2n) is 5.27. The number of aromatic nitrogens is 2. The normalized spacial score (nSPS) is 14.8. The van der Waals surface area contributed by atoms with Crippen LogP contribution in [0.4, 0.5) is 0 Å². The van der Waals surface area contributed by atoms with E-state index in [2.05, 4.69) is 17.2 Å². The third-order valence-electron chi connectivity index (χ3n) is 3.97. The highest BCUT2D eigenvalue weighted by molar-refractivity contribution is 5.73. The van der Waals surface area contributed by atoms with Crippen molar-refractivity contribution in [3.63, 3.8) is 0 Å². The van der Waals surface area contributed by atoms with E-state index in [4.69, 9.17) is 0 Å². The minimum Gasteiger partial charge on any atom is -0.342 e. The molecule has 0 saturated heterocycles. The third kappa shape index (κ3) is 2.22. The second-order valence-corrected chi connectivity index (χ2v) is 5.27. The van der Waals surface area contributed by atoms with Gasteiger partial charge in [0.15, 0.2) is 0 Å². The molecule has 4 heteroatoms. The minimum atomic E-state index is 0.154. The van der Waals surface area contributed by atoms with Crippen LogP contribution in [0.1, 0.15) is 18.2 Å². The molecule has 0 unspecified atom stereocenters. The van der Waals surface area contributed by atoms with Gasteiger partial charge >= 0.3 is 0 Å². The predicted molar refractivity (Wildman–Crippen MR) is 78.3 cm³/mol. The highest BCUT2D eigenvalue weighted by Crippen LogP contribution is 2.28. The highest BCUT2D eigenvalue weighted by Gasteiger charge is 2.22. The molecule has 0 saturated carbocycles. The first-order valence-corrected chi connectivity index (χ1v) is 7.02. The second kappa shape index (κ2) is 5.12. The lowest BCUT2D eigenvalue weighted by atomic mass is 10.0. The van der Waals surface area contributed by atoms with Gasteiger partial charge in [0.2, 0.25) is 5.91 Å². The first-order valence-electron chi connectivity index (χ1n) is 7.02. The molecule has 0 N–H and O–H groups in total. The summed E-state index contributed by atoms with van der Waals surface area (Å²) in [6, 6.07) is 10.4. The van der Waals surface area contributed by atoms with Gasteiger partial charge in [-0.2, -0.15) is 5.10 Å². The van der Waals surface area contributed by atoms with Crippen LogP contribution in [0.5, 0.6) is 0 Å². The van der Waals surface area contributed by atoms with E-state index in [1.807, 2.05) is 34.8 Å². The average Bonchev–Trinajstić information content (AvgIpc) is 2.62. The first-order chi connectivity index (χ1) is 9.66. The fourth-order valence-electron chi connectivity index (χ4n) is 2.96. The van der Waals surface area contributed by atoms with E-state index in [0.29, 0.717) is 0 Å². The van der Waals surface area contributed by atoms with Crippen molar-refractivity contribution < 1.29 is 4.79 Å². The zero-order valence-electron chi connectivity index (χ0n) is 12.0. The van der Waals surface area contributed by atoms with Gasteiger partial charge in [-0.05, 0) is 6.42 Å². The molecule has 4 nitrogen and oxygen atoms in total. The predicted octanol–water partition coefficient (Wildman–Crippen LogP) is 2.03. The molecule has 0 fully saturated rings. The highest BCUT2D eigenvalue weighted by atomic mass is 16.2. The molecule has 0 bridgehead atoms. The molecule has 0 radical (unpaired) electrons. The SMILES string of the molecule is CC(=O)N1CCc2nn(C)c(-c3ccccc3)c2CC1. The van der Waals surface area contributed by atoms with Crippen LogP contribution in [0, 0.1) is 0 Å². The number of rotatable bonds is 1. The Hall–Kier alpha value is -2.10. The van der Waals surface area contributed by atoms with Crippen molar-refractivity contribution >= 4 is 5.91 Å². The van der Waals surface area contributed by atoms with E-state index in [1.165, 1.54) is 16.8 Å². The van der Waals surface area contributed by atoms with Crippen molar-refractivity contribution in [2.75, 3.05) is 13.1 Å². The standard InChI is InChI=1S/C16H19N3O/c1-12(20)19-10-8-14-15(9-11-19)17-18(2)16(14)13-6-4-3-5-7-13/h3-7H,8-11H2,1-2H3. The van der Waals surface area contributed by atoms with Gasteiger partial charge in [0.25, 0.3) is 0 Å². The maximum absolute atomic E-state index is 11.5. The van der Waals surface area contributed by atoms with Gasteiger partial charge in [0, 0.05) is 44.6 Å². The van der Waals surface area contributed by atoms with Gasteiger partial charge < -0.3 is 4.90 Å². The summed E-state index contributed by atoms with van der Waals surface area (Å²) in [7, 11) is 2.00. The van der Waals surface area contributed by atoms with Crippen molar-refractivity contribution in [2.24, 2.45) is 7.05 Å². The zero-order valence-corrected chi connectivity index (χ0v) is 12.0. The molecule has 3 rings (SSSR count). The molecule has 0 spiro atoms. The van der Waals surface area contributed by atoms with E-state index >= 15 is 0 Å². The summed E-state index contributed by atoms with van der Waals surface area (Å²) in [6.07, 6.45) is 1.72. The Balaban J connectivity index is 2.00. The van der Waals surface area contributed by atoms with Crippen LogP contribution in [0.25, 0.3) is 11.3 Å². The van der Waals surface area contributed by atoms with Crippen LogP contribution in [0.2, 0.25) is 0 Å². The van der Waals surface area contributed by atoms with Crippen LogP contribution in [0.3, 0.4) is 0 Å². The lowest BCUT2D eigenvalue weighted by molar-refractivity contribution is -0.128. The fourth-order valence-corrected chi connectivity index (χ4v) is 2.96. The van der Waals surface area contributed by atoms with Crippen LogP contribution in [-0.4, -0.2) is 33.7 Å². The quantitative estimate of drug-likeness (QED) is 0.794. The third-order valence-corrected chi connectivity index (χ3v) is 3.97. The van der Waals surface area contributed by atoms with Crippen LogP contribution < -0.4 is 0 Å². The largest absolute Gasteiger partial charge is 0.342 e. The van der Waals surface area contributed by atoms with Crippen molar-refractivity contribution in [3.8, 4) is 11.3 Å². The molecule has 1 aliphatic rings. The summed E-state index contributed by atoms with van der Waals surface area (Å²) in [5.74, 6) is 0.154. The summed E-state index contributed by atoms with van der Waals surface area (Å²) in [4.78, 5) is 13.5. The van der Waals surface area contributed by atoms with Crippen molar-refractivity contribution in [3.05, 3.63) is 41.6 Å². The molecule has 2 heterocycles. The monoisotopic (exact) mass is 269 g/mol. The Bertz CT molecular complexity index is 631. The molecule has 20 heavy (non-hydrogen) atoms. The number of carbonyl (C=O) groups excluding carboxylic acids is 1. The molecular formula is C16H19N3O. The van der Waals surface area contributed by atoms with Gasteiger partial charge in [-0.1, -0.05) is 30.3 Å². The summed E-state index contributed by atoms with van der Waals surface area (Å²) in [5.41, 5.74) is 4.81. The smallest absolute Gasteiger partial charge is 0.219 e. The van der Waals surface area contributed by atoms with Crippen molar-refractivity contribution in [1.29, 1.82) is 0 Å². The van der Waals surface area contributed by atoms with Gasteiger partial charge in [-0.15, -0.1) is 0 Å². The maximum atomic E-state index is 11.5. The fraction of sp³-hybridized carbons (Fsp3) is 0.375. The number of amides is 1. The van der Waals surface area contributed by atoms with E-state index in [-0.39, 0.29) is 5.91 Å². The van der Waals surface area contributed by atoms with Crippen molar-refractivity contribution in [1.82, 2.24) is 14.7 Å². The number of carbonyl (C=O) groups is 1. The summed E-state index contributed by atoms with van der Waals surface area (Å²) in [5, 5.41) is 4.66. The number of hydrogen-bond acceptors (Lipinski definition) is 2. The molecule has 1 aromatic heterocycles. The van der Waals surface area contributed by atoms with E-state index in [1.54, 1.807) is 6.92 Å². The number of nitrogens with zero attached hydrogens (tertiary/aromatic N) is 3. The Kier molecular flexibility index (Phi) is 3.30. The van der Waals surface area contributed by atoms with Crippen LogP contribution >= 0.6 is 0 Å². The summed E-state index contributed by atoms with van der Waals surface area (Å²) >= 11 is 0. The zero-order chi connectivity index (χ0) is 14.1.